The van der Waals surface area contributed by atoms with E-state index in [1.807, 2.05) is 30.9 Å². The van der Waals surface area contributed by atoms with Gasteiger partial charge in [0, 0.05) is 24.0 Å². The summed E-state index contributed by atoms with van der Waals surface area (Å²) in [6, 6.07) is 2.13. The van der Waals surface area contributed by atoms with Crippen LogP contribution in [-0.2, 0) is 6.54 Å². The molecule has 0 radical (unpaired) electrons. The molecule has 0 spiro atoms. The van der Waals surface area contributed by atoms with Crippen LogP contribution in [0.1, 0.15) is 36.2 Å². The van der Waals surface area contributed by atoms with Gasteiger partial charge in [-0.05, 0) is 50.4 Å². The molecule has 0 saturated carbocycles. The lowest BCUT2D eigenvalue weighted by Crippen LogP contribution is -2.21. The van der Waals surface area contributed by atoms with Crippen LogP contribution in [0.4, 0.5) is 0 Å². The van der Waals surface area contributed by atoms with Crippen molar-refractivity contribution in [1.82, 2.24) is 20.1 Å². The number of rotatable bonds is 5. The lowest BCUT2D eigenvalue weighted by molar-refractivity contribution is 0.549. The van der Waals surface area contributed by atoms with Gasteiger partial charge >= 0.3 is 0 Å². The van der Waals surface area contributed by atoms with Crippen LogP contribution in [0.3, 0.4) is 0 Å². The summed E-state index contributed by atoms with van der Waals surface area (Å²) < 4.78 is 1.88. The SMILES string of the molecule is Cc1cnn(-c2nc(C)cc(C)c2CNCC(C)C)c1. The van der Waals surface area contributed by atoms with Gasteiger partial charge in [-0.3, -0.25) is 0 Å². The molecular formula is C16H24N4. The second-order valence-corrected chi connectivity index (χ2v) is 5.87. The van der Waals surface area contributed by atoms with E-state index in [1.165, 1.54) is 11.1 Å². The van der Waals surface area contributed by atoms with Gasteiger partial charge in [-0.25, -0.2) is 9.67 Å². The van der Waals surface area contributed by atoms with Crippen molar-refractivity contribution in [1.29, 1.82) is 0 Å². The highest BCUT2D eigenvalue weighted by Crippen LogP contribution is 2.18. The largest absolute Gasteiger partial charge is 0.312 e. The molecule has 108 valence electrons. The first-order valence-corrected chi connectivity index (χ1v) is 7.17. The number of aryl methyl sites for hydroxylation is 3. The zero-order valence-corrected chi connectivity index (χ0v) is 13.1. The molecule has 0 aliphatic heterocycles. The number of pyridine rings is 1. The molecule has 2 rings (SSSR count). The predicted octanol–water partition coefficient (Wildman–Crippen LogP) is 2.94. The molecule has 1 N–H and O–H groups in total. The van der Waals surface area contributed by atoms with Gasteiger partial charge in [0.1, 0.15) is 0 Å². The van der Waals surface area contributed by atoms with Gasteiger partial charge in [-0.1, -0.05) is 13.8 Å². The minimum absolute atomic E-state index is 0.643. The minimum Gasteiger partial charge on any atom is -0.312 e. The highest BCUT2D eigenvalue weighted by Gasteiger charge is 2.11. The van der Waals surface area contributed by atoms with Crippen molar-refractivity contribution in [3.05, 3.63) is 40.8 Å². The molecule has 0 saturated heterocycles. The maximum Gasteiger partial charge on any atom is 0.158 e. The van der Waals surface area contributed by atoms with E-state index in [4.69, 9.17) is 0 Å². The Labute approximate surface area is 121 Å². The number of aromatic nitrogens is 3. The van der Waals surface area contributed by atoms with E-state index in [0.717, 1.165) is 30.2 Å². The van der Waals surface area contributed by atoms with Crippen molar-refractivity contribution in [3.63, 3.8) is 0 Å². The first-order chi connectivity index (χ1) is 9.47. The molecule has 0 unspecified atom stereocenters. The average molecular weight is 272 g/mol. The van der Waals surface area contributed by atoms with Crippen molar-refractivity contribution in [2.45, 2.75) is 41.2 Å². The number of nitrogens with zero attached hydrogens (tertiary/aromatic N) is 3. The summed E-state index contributed by atoms with van der Waals surface area (Å²) >= 11 is 0. The fraction of sp³-hybridized carbons (Fsp3) is 0.500. The third-order valence-corrected chi connectivity index (χ3v) is 3.24. The Morgan fingerprint density at radius 3 is 2.60 bits per heavy atom. The highest BCUT2D eigenvalue weighted by atomic mass is 15.3. The van der Waals surface area contributed by atoms with Gasteiger partial charge in [-0.15, -0.1) is 0 Å². The van der Waals surface area contributed by atoms with Crippen LogP contribution in [0.5, 0.6) is 0 Å². The Kier molecular flexibility index (Phi) is 4.55. The summed E-state index contributed by atoms with van der Waals surface area (Å²) in [6.07, 6.45) is 3.89. The predicted molar refractivity (Wildman–Crippen MR) is 82.1 cm³/mol. The quantitative estimate of drug-likeness (QED) is 0.910. The second-order valence-electron chi connectivity index (χ2n) is 5.87. The summed E-state index contributed by atoms with van der Waals surface area (Å²) in [5, 5.41) is 7.90. The van der Waals surface area contributed by atoms with Crippen molar-refractivity contribution in [3.8, 4) is 5.82 Å². The van der Waals surface area contributed by atoms with Crippen LogP contribution < -0.4 is 5.32 Å². The molecule has 0 fully saturated rings. The molecule has 4 nitrogen and oxygen atoms in total. The summed E-state index contributed by atoms with van der Waals surface area (Å²) in [4.78, 5) is 4.68. The average Bonchev–Trinajstić information content (AvgIpc) is 2.77. The molecule has 2 heterocycles. The Morgan fingerprint density at radius 2 is 2.00 bits per heavy atom. The van der Waals surface area contributed by atoms with E-state index in [9.17, 15) is 0 Å². The Morgan fingerprint density at radius 1 is 1.25 bits per heavy atom. The number of nitrogens with one attached hydrogen (secondary N) is 1. The van der Waals surface area contributed by atoms with Crippen molar-refractivity contribution in [2.24, 2.45) is 5.92 Å². The first kappa shape index (κ1) is 14.7. The van der Waals surface area contributed by atoms with Crippen molar-refractivity contribution >= 4 is 0 Å². The van der Waals surface area contributed by atoms with Crippen LogP contribution in [0.25, 0.3) is 5.82 Å². The van der Waals surface area contributed by atoms with E-state index in [1.54, 1.807) is 0 Å². The summed E-state index contributed by atoms with van der Waals surface area (Å²) in [6.45, 7) is 12.5. The smallest absolute Gasteiger partial charge is 0.158 e. The molecule has 0 aromatic carbocycles. The lowest BCUT2D eigenvalue weighted by atomic mass is 10.1. The van der Waals surface area contributed by atoms with E-state index in [-0.39, 0.29) is 0 Å². The normalized spacial score (nSPS) is 11.3. The third-order valence-electron chi connectivity index (χ3n) is 3.24. The van der Waals surface area contributed by atoms with Gasteiger partial charge in [0.15, 0.2) is 5.82 Å². The zero-order chi connectivity index (χ0) is 14.7. The molecular weight excluding hydrogens is 248 g/mol. The van der Waals surface area contributed by atoms with Crippen LogP contribution in [0, 0.1) is 26.7 Å². The molecule has 0 amide bonds. The molecule has 2 aromatic rings. The fourth-order valence-corrected chi connectivity index (χ4v) is 2.27. The molecule has 0 bridgehead atoms. The van der Waals surface area contributed by atoms with Gasteiger partial charge in [0.2, 0.25) is 0 Å². The monoisotopic (exact) mass is 272 g/mol. The van der Waals surface area contributed by atoms with Crippen molar-refractivity contribution in [2.75, 3.05) is 6.54 Å². The number of hydrogen-bond acceptors (Lipinski definition) is 3. The van der Waals surface area contributed by atoms with Crippen LogP contribution in [0.2, 0.25) is 0 Å². The number of hydrogen-bond donors (Lipinski definition) is 1. The van der Waals surface area contributed by atoms with Gasteiger partial charge in [0.25, 0.3) is 0 Å². The van der Waals surface area contributed by atoms with Crippen LogP contribution in [-0.4, -0.2) is 21.3 Å². The van der Waals surface area contributed by atoms with E-state index in [2.05, 4.69) is 42.2 Å². The van der Waals surface area contributed by atoms with E-state index < -0.39 is 0 Å². The Bertz CT molecular complexity index is 584. The Balaban J connectivity index is 2.33. The van der Waals surface area contributed by atoms with E-state index >= 15 is 0 Å². The van der Waals surface area contributed by atoms with Gasteiger partial charge < -0.3 is 5.32 Å². The summed E-state index contributed by atoms with van der Waals surface area (Å²) in [7, 11) is 0. The zero-order valence-electron chi connectivity index (χ0n) is 13.1. The van der Waals surface area contributed by atoms with Gasteiger partial charge in [-0.2, -0.15) is 5.10 Å². The maximum absolute atomic E-state index is 4.68. The maximum atomic E-state index is 4.68. The van der Waals surface area contributed by atoms with E-state index in [0.29, 0.717) is 5.92 Å². The molecule has 20 heavy (non-hydrogen) atoms. The standard InChI is InChI=1S/C16H24N4/c1-11(2)7-17-9-15-13(4)6-14(5)19-16(15)20-10-12(3)8-18-20/h6,8,10-11,17H,7,9H2,1-5H3. The summed E-state index contributed by atoms with van der Waals surface area (Å²) in [5.74, 6) is 1.58. The minimum atomic E-state index is 0.643. The second kappa shape index (κ2) is 6.18. The lowest BCUT2D eigenvalue weighted by Gasteiger charge is -2.14. The molecule has 0 aliphatic carbocycles. The fourth-order valence-electron chi connectivity index (χ4n) is 2.27. The highest BCUT2D eigenvalue weighted by molar-refractivity contribution is 5.41. The molecule has 2 aromatic heterocycles. The van der Waals surface area contributed by atoms with Crippen LogP contribution in [0.15, 0.2) is 18.5 Å². The Hall–Kier alpha value is -1.68. The molecule has 0 atom stereocenters. The summed E-state index contributed by atoms with van der Waals surface area (Å²) in [5.41, 5.74) is 4.65. The molecule has 0 aliphatic rings. The topological polar surface area (TPSA) is 42.7 Å². The van der Waals surface area contributed by atoms with Gasteiger partial charge in [0.05, 0.1) is 6.20 Å². The first-order valence-electron chi connectivity index (χ1n) is 7.17. The molecule has 4 heteroatoms. The third kappa shape index (κ3) is 3.45. The van der Waals surface area contributed by atoms with Crippen LogP contribution >= 0.6 is 0 Å². The van der Waals surface area contributed by atoms with Crippen molar-refractivity contribution < 1.29 is 0 Å².